The van der Waals surface area contributed by atoms with E-state index in [0.29, 0.717) is 0 Å². The average Bonchev–Trinajstić information content (AvgIpc) is 1.82. The second-order valence-corrected chi connectivity index (χ2v) is 3.34. The van der Waals surface area contributed by atoms with Crippen molar-refractivity contribution in [3.05, 3.63) is 0 Å². The second kappa shape index (κ2) is 1.73. The van der Waals surface area contributed by atoms with E-state index in [4.69, 9.17) is 0 Å². The Hall–Kier alpha value is -0.0400. The number of hydrogen-bond acceptors (Lipinski definition) is 1. The molecule has 1 N–H and O–H groups in total. The van der Waals surface area contributed by atoms with Crippen molar-refractivity contribution in [1.29, 1.82) is 0 Å². The molecule has 48 valence electrons. The summed E-state index contributed by atoms with van der Waals surface area (Å²) in [6.45, 7) is 4.12. The Bertz CT molecular complexity index is 86.4. The van der Waals surface area contributed by atoms with Crippen LogP contribution in [0.25, 0.3) is 0 Å². The van der Waals surface area contributed by atoms with Crippen molar-refractivity contribution in [2.24, 2.45) is 5.92 Å². The Morgan fingerprint density at radius 2 is 2.25 bits per heavy atom. The molecule has 0 bridgehead atoms. The predicted octanol–water partition coefficient (Wildman–Crippen LogP) is 1.56. The van der Waals surface area contributed by atoms with Crippen LogP contribution in [-0.2, 0) is 0 Å². The van der Waals surface area contributed by atoms with E-state index >= 15 is 0 Å². The van der Waals surface area contributed by atoms with Crippen LogP contribution < -0.4 is 0 Å². The van der Waals surface area contributed by atoms with Crippen LogP contribution in [0.4, 0.5) is 0 Å². The van der Waals surface area contributed by atoms with Gasteiger partial charge in [0, 0.05) is 0 Å². The van der Waals surface area contributed by atoms with Crippen molar-refractivity contribution in [3.8, 4) is 0 Å². The molecule has 0 heterocycles. The Labute approximate surface area is 50.7 Å². The van der Waals surface area contributed by atoms with Crippen LogP contribution in [0.1, 0.15) is 33.1 Å². The van der Waals surface area contributed by atoms with Crippen LogP contribution in [0.2, 0.25) is 0 Å². The maximum absolute atomic E-state index is 9.36. The largest absolute Gasteiger partial charge is 0.390 e. The van der Waals surface area contributed by atoms with Crippen LogP contribution in [0, 0.1) is 5.92 Å². The van der Waals surface area contributed by atoms with E-state index in [-0.39, 0.29) is 5.60 Å². The molecular weight excluding hydrogens is 100 g/mol. The van der Waals surface area contributed by atoms with Gasteiger partial charge in [0.05, 0.1) is 5.60 Å². The molecule has 2 atom stereocenters. The maximum Gasteiger partial charge on any atom is 0.0622 e. The van der Waals surface area contributed by atoms with Gasteiger partial charge in [0.2, 0.25) is 0 Å². The zero-order valence-electron chi connectivity index (χ0n) is 5.65. The molecule has 1 rings (SSSR count). The van der Waals surface area contributed by atoms with Crippen LogP contribution in [0.3, 0.4) is 0 Å². The van der Waals surface area contributed by atoms with Gasteiger partial charge in [-0.3, -0.25) is 0 Å². The lowest BCUT2D eigenvalue weighted by Gasteiger charge is -2.13. The van der Waals surface area contributed by atoms with Crippen molar-refractivity contribution in [1.82, 2.24) is 0 Å². The van der Waals surface area contributed by atoms with E-state index in [1.807, 2.05) is 6.92 Å². The van der Waals surface area contributed by atoms with E-state index in [1.54, 1.807) is 0 Å². The highest BCUT2D eigenvalue weighted by atomic mass is 16.3. The molecule has 0 amide bonds. The van der Waals surface area contributed by atoms with Crippen LogP contribution in [0.15, 0.2) is 0 Å². The minimum atomic E-state index is -0.334. The molecule has 1 aliphatic rings. The topological polar surface area (TPSA) is 20.2 Å². The highest BCUT2D eigenvalue weighted by Crippen LogP contribution is 2.33. The molecule has 1 fully saturated rings. The van der Waals surface area contributed by atoms with Gasteiger partial charge in [-0.25, -0.2) is 0 Å². The van der Waals surface area contributed by atoms with Gasteiger partial charge in [0.1, 0.15) is 0 Å². The van der Waals surface area contributed by atoms with Crippen molar-refractivity contribution in [2.75, 3.05) is 0 Å². The summed E-state index contributed by atoms with van der Waals surface area (Å²) in [7, 11) is 0. The van der Waals surface area contributed by atoms with Gasteiger partial charge in [0.15, 0.2) is 0 Å². The van der Waals surface area contributed by atoms with Gasteiger partial charge in [-0.1, -0.05) is 6.92 Å². The second-order valence-electron chi connectivity index (χ2n) is 3.34. The summed E-state index contributed by atoms with van der Waals surface area (Å²) < 4.78 is 0. The Morgan fingerprint density at radius 3 is 2.38 bits per heavy atom. The number of aliphatic hydroxyl groups is 1. The number of hydrogen-bond donors (Lipinski definition) is 1. The lowest BCUT2D eigenvalue weighted by molar-refractivity contribution is 0.0644. The minimum absolute atomic E-state index is 0.334. The molecule has 0 radical (unpaired) electrons. The van der Waals surface area contributed by atoms with Gasteiger partial charge in [0.25, 0.3) is 0 Å². The molecule has 0 saturated heterocycles. The van der Waals surface area contributed by atoms with Crippen LogP contribution >= 0.6 is 0 Å². The fourth-order valence-electron chi connectivity index (χ4n) is 1.51. The Kier molecular flexibility index (Phi) is 1.31. The molecule has 0 spiro atoms. The van der Waals surface area contributed by atoms with E-state index in [9.17, 15) is 5.11 Å². The van der Waals surface area contributed by atoms with Gasteiger partial charge in [-0.2, -0.15) is 0 Å². The van der Waals surface area contributed by atoms with Crippen molar-refractivity contribution >= 4 is 0 Å². The third kappa shape index (κ3) is 1.22. The first kappa shape index (κ1) is 6.09. The lowest BCUT2D eigenvalue weighted by Crippen LogP contribution is -2.18. The summed E-state index contributed by atoms with van der Waals surface area (Å²) >= 11 is 0. The van der Waals surface area contributed by atoms with Crippen LogP contribution in [0.5, 0.6) is 0 Å². The molecule has 1 saturated carbocycles. The summed E-state index contributed by atoms with van der Waals surface area (Å²) in [5.74, 6) is 0.741. The van der Waals surface area contributed by atoms with Gasteiger partial charge >= 0.3 is 0 Å². The first-order valence-electron chi connectivity index (χ1n) is 3.32. The molecule has 8 heavy (non-hydrogen) atoms. The summed E-state index contributed by atoms with van der Waals surface area (Å²) in [6.07, 6.45) is 3.19. The Balaban J connectivity index is 2.44. The van der Waals surface area contributed by atoms with E-state index < -0.39 is 0 Å². The standard InChI is InChI=1S/C7H14O/c1-6-3-4-7(2,8)5-6/h6,8H,3-5H2,1-2H3/t6-,7-/m0/s1. The third-order valence-corrected chi connectivity index (χ3v) is 1.96. The first-order chi connectivity index (χ1) is 3.60. The molecule has 1 aliphatic carbocycles. The summed E-state index contributed by atoms with van der Waals surface area (Å²) in [4.78, 5) is 0. The Morgan fingerprint density at radius 1 is 1.62 bits per heavy atom. The van der Waals surface area contributed by atoms with Crippen molar-refractivity contribution < 1.29 is 5.11 Å². The average molecular weight is 114 g/mol. The molecular formula is C7H14O. The summed E-state index contributed by atoms with van der Waals surface area (Å²) in [5, 5.41) is 9.36. The van der Waals surface area contributed by atoms with E-state index in [0.717, 1.165) is 18.8 Å². The molecule has 0 aliphatic heterocycles. The zero-order chi connectivity index (χ0) is 6.20. The monoisotopic (exact) mass is 114 g/mol. The molecule has 0 aromatic rings. The van der Waals surface area contributed by atoms with Crippen LogP contribution in [-0.4, -0.2) is 10.7 Å². The van der Waals surface area contributed by atoms with Crippen molar-refractivity contribution in [3.63, 3.8) is 0 Å². The number of rotatable bonds is 0. The fourth-order valence-corrected chi connectivity index (χ4v) is 1.51. The summed E-state index contributed by atoms with van der Waals surface area (Å²) in [6, 6.07) is 0. The smallest absolute Gasteiger partial charge is 0.0622 e. The van der Waals surface area contributed by atoms with E-state index in [1.165, 1.54) is 6.42 Å². The lowest BCUT2D eigenvalue weighted by atomic mass is 10.0. The maximum atomic E-state index is 9.36. The molecule has 0 unspecified atom stereocenters. The fraction of sp³-hybridized carbons (Fsp3) is 1.00. The highest BCUT2D eigenvalue weighted by Gasteiger charge is 2.29. The quantitative estimate of drug-likeness (QED) is 0.506. The highest BCUT2D eigenvalue weighted by molar-refractivity contribution is 4.82. The van der Waals surface area contributed by atoms with Gasteiger partial charge < -0.3 is 5.11 Å². The zero-order valence-corrected chi connectivity index (χ0v) is 5.65. The molecule has 1 heteroatoms. The normalized spacial score (nSPS) is 47.6. The van der Waals surface area contributed by atoms with Gasteiger partial charge in [-0.05, 0) is 32.1 Å². The van der Waals surface area contributed by atoms with Gasteiger partial charge in [-0.15, -0.1) is 0 Å². The molecule has 0 aromatic heterocycles. The SMILES string of the molecule is C[C@H]1CC[C@](C)(O)C1. The third-order valence-electron chi connectivity index (χ3n) is 1.96. The van der Waals surface area contributed by atoms with Crippen molar-refractivity contribution in [2.45, 2.75) is 38.7 Å². The first-order valence-corrected chi connectivity index (χ1v) is 3.32. The molecule has 1 nitrogen and oxygen atoms in total. The predicted molar refractivity (Wildman–Crippen MR) is 33.6 cm³/mol. The molecule has 0 aromatic carbocycles. The minimum Gasteiger partial charge on any atom is -0.390 e. The van der Waals surface area contributed by atoms with E-state index in [2.05, 4.69) is 6.92 Å². The summed E-state index contributed by atoms with van der Waals surface area (Å²) in [5.41, 5.74) is -0.334.